The van der Waals surface area contributed by atoms with Crippen LogP contribution in [0.1, 0.15) is 90.9 Å². The highest BCUT2D eigenvalue weighted by Gasteiger charge is 2.29. The van der Waals surface area contributed by atoms with E-state index in [1.807, 2.05) is 24.3 Å². The first kappa shape index (κ1) is 37.1. The number of pyridine rings is 2. The third-order valence-electron chi connectivity index (χ3n) is 9.51. The second kappa shape index (κ2) is 15.9. The maximum absolute atomic E-state index is 14.6. The van der Waals surface area contributed by atoms with Crippen LogP contribution in [0.2, 0.25) is 0 Å². The average molecular weight is 767 g/mol. The third-order valence-corrected chi connectivity index (χ3v) is 14.8. The van der Waals surface area contributed by atoms with Crippen LogP contribution >= 0.6 is 45.3 Å². The summed E-state index contributed by atoms with van der Waals surface area (Å²) in [6.45, 7) is 4.58. The molecular weight excluding hydrogens is 733 g/mol. The van der Waals surface area contributed by atoms with Crippen molar-refractivity contribution in [1.82, 2.24) is 9.13 Å². The number of unbranched alkanes of at least 4 members (excludes halogenated alkanes) is 10. The molecule has 0 saturated heterocycles. The summed E-state index contributed by atoms with van der Waals surface area (Å²) >= 11 is 4.24. The van der Waals surface area contributed by atoms with Crippen molar-refractivity contribution in [2.45, 2.75) is 104 Å². The van der Waals surface area contributed by atoms with Crippen molar-refractivity contribution in [3.05, 3.63) is 49.1 Å². The Morgan fingerprint density at radius 1 is 0.442 bits per heavy atom. The minimum atomic E-state index is -0.555. The maximum atomic E-state index is 14.6. The lowest BCUT2D eigenvalue weighted by Gasteiger charge is -2.16. The normalized spacial score (nSPS) is 11.4. The highest BCUT2D eigenvalue weighted by molar-refractivity contribution is 7.38. The summed E-state index contributed by atoms with van der Waals surface area (Å²) < 4.78 is 4.61. The number of nitrogens with zero attached hydrogens (tertiary/aromatic N) is 6. The van der Waals surface area contributed by atoms with Crippen molar-refractivity contribution < 1.29 is 0 Å². The van der Waals surface area contributed by atoms with Crippen LogP contribution in [-0.4, -0.2) is 9.13 Å². The van der Waals surface area contributed by atoms with E-state index in [1.54, 1.807) is 0 Å². The molecule has 0 N–H and O–H groups in total. The van der Waals surface area contributed by atoms with Crippen molar-refractivity contribution in [3.63, 3.8) is 0 Å². The Bertz CT molecular complexity index is 2560. The van der Waals surface area contributed by atoms with E-state index >= 15 is 0 Å². The fourth-order valence-electron chi connectivity index (χ4n) is 6.94. The van der Waals surface area contributed by atoms with Gasteiger partial charge in [0.2, 0.25) is 0 Å². The van der Waals surface area contributed by atoms with Gasteiger partial charge >= 0.3 is 0 Å². The smallest absolute Gasteiger partial charge is 0.262 e. The molecule has 264 valence electrons. The molecule has 6 rings (SSSR count). The van der Waals surface area contributed by atoms with Crippen LogP contribution in [-0.2, 0) is 13.1 Å². The van der Waals surface area contributed by atoms with Crippen LogP contribution in [0.15, 0.2) is 19.2 Å². The molecule has 0 aliphatic heterocycles. The number of rotatable bonds is 14. The van der Waals surface area contributed by atoms with Gasteiger partial charge in [0.15, 0.2) is 11.1 Å². The Hall–Kier alpha value is -4.70. The van der Waals surface area contributed by atoms with Gasteiger partial charge in [-0.15, -0.1) is 45.3 Å². The van der Waals surface area contributed by atoms with Gasteiger partial charge in [0, 0.05) is 23.9 Å². The predicted octanol–water partition coefficient (Wildman–Crippen LogP) is 7.30. The van der Waals surface area contributed by atoms with Crippen molar-refractivity contribution in [1.29, 1.82) is 21.0 Å². The number of benzene rings is 2. The second-order valence-electron chi connectivity index (χ2n) is 12.8. The predicted molar refractivity (Wildman–Crippen MR) is 213 cm³/mol. The molecule has 14 heteroatoms. The Labute approximate surface area is 313 Å². The van der Waals surface area contributed by atoms with Gasteiger partial charge in [-0.05, 0) is 12.8 Å². The summed E-state index contributed by atoms with van der Waals surface area (Å²) in [4.78, 5) is 58.3. The molecular formula is C38H34N6O4S4. The number of fused-ring (bicyclic) bond motifs is 6. The number of nitriles is 4. The van der Waals surface area contributed by atoms with Gasteiger partial charge in [-0.3, -0.25) is 28.3 Å². The molecule has 4 heterocycles. The molecule has 0 unspecified atom stereocenters. The van der Waals surface area contributed by atoms with Crippen LogP contribution in [0.4, 0.5) is 0 Å². The molecule has 4 aromatic heterocycles. The summed E-state index contributed by atoms with van der Waals surface area (Å²) in [7, 11) is 0. The van der Waals surface area contributed by atoms with E-state index in [0.717, 1.165) is 110 Å². The molecule has 0 bridgehead atoms. The largest absolute Gasteiger partial charge is 0.274 e. The van der Waals surface area contributed by atoms with Crippen molar-refractivity contribution in [2.24, 2.45) is 0 Å². The zero-order valence-corrected chi connectivity index (χ0v) is 32.1. The standard InChI is InChI=1S/C38H34N6O4S4/c1-3-5-7-9-11-13-15-43-33(45)25-23-24-27(31-29(25)49-37(51-31)21(17-39)18-40)35(47)44(16-14-12-10-8-6-4-2)36(48)28(24)32-30(26(23)34(43)46)50-38(52-32)22(19-41)20-42/h3-16H2,1-2H3. The van der Waals surface area contributed by atoms with Crippen molar-refractivity contribution >= 4 is 108 Å². The summed E-state index contributed by atoms with van der Waals surface area (Å²) in [5, 5.41) is 40.2. The SMILES string of the molecule is CCCCCCCCn1c(=O)c2c3sc(=C(C#N)C#N)sc3c3c(=O)n(CCCCCCCC)c(=O)c4c5sc(=C(C#N)C#N)sc5c(c1=O)c2c34. The third kappa shape index (κ3) is 6.25. The van der Waals surface area contributed by atoms with E-state index < -0.39 is 22.2 Å². The van der Waals surface area contributed by atoms with Gasteiger partial charge < -0.3 is 0 Å². The van der Waals surface area contributed by atoms with Gasteiger partial charge in [-0.1, -0.05) is 78.1 Å². The van der Waals surface area contributed by atoms with E-state index in [-0.39, 0.29) is 56.6 Å². The molecule has 10 nitrogen and oxygen atoms in total. The zero-order valence-electron chi connectivity index (χ0n) is 28.8. The van der Waals surface area contributed by atoms with Gasteiger partial charge in [-0.2, -0.15) is 21.0 Å². The Kier molecular flexibility index (Phi) is 11.3. The number of hydrogen-bond acceptors (Lipinski definition) is 12. The first-order valence-corrected chi connectivity index (χ1v) is 20.8. The van der Waals surface area contributed by atoms with E-state index in [0.29, 0.717) is 39.3 Å². The topological polar surface area (TPSA) is 173 Å². The molecule has 2 aromatic carbocycles. The quantitative estimate of drug-likeness (QED) is 0.0821. The Morgan fingerprint density at radius 2 is 0.712 bits per heavy atom. The molecule has 6 aromatic rings. The van der Waals surface area contributed by atoms with Gasteiger partial charge in [0.1, 0.15) is 32.0 Å². The lowest BCUT2D eigenvalue weighted by molar-refractivity contribution is 0.545. The summed E-state index contributed by atoms with van der Waals surface area (Å²) in [6, 6.07) is 7.70. The van der Waals surface area contributed by atoms with Crippen molar-refractivity contribution in [3.8, 4) is 24.3 Å². The number of hydrogen-bond donors (Lipinski definition) is 0. The Morgan fingerprint density at radius 3 is 0.981 bits per heavy atom. The summed E-state index contributed by atoms with van der Waals surface area (Å²) in [6.07, 6.45) is 11.2. The first-order valence-electron chi connectivity index (χ1n) is 17.5. The van der Waals surface area contributed by atoms with Gasteiger partial charge in [0.25, 0.3) is 22.2 Å². The summed E-state index contributed by atoms with van der Waals surface area (Å²) in [5.41, 5.74) is -2.54. The molecule has 0 aliphatic rings. The van der Waals surface area contributed by atoms with E-state index in [2.05, 4.69) is 13.8 Å². The van der Waals surface area contributed by atoms with Gasteiger partial charge in [-0.25, -0.2) is 0 Å². The van der Waals surface area contributed by atoms with Crippen LogP contribution in [0, 0.1) is 45.3 Å². The molecule has 52 heavy (non-hydrogen) atoms. The molecule has 0 atom stereocenters. The second-order valence-corrected chi connectivity index (χ2v) is 17.4. The fourth-order valence-corrected chi connectivity index (χ4v) is 12.2. The van der Waals surface area contributed by atoms with Crippen LogP contribution in [0.3, 0.4) is 0 Å². The molecule has 0 aliphatic carbocycles. The van der Waals surface area contributed by atoms with Crippen LogP contribution < -0.4 is 29.9 Å². The van der Waals surface area contributed by atoms with Crippen LogP contribution in [0.5, 0.6) is 0 Å². The summed E-state index contributed by atoms with van der Waals surface area (Å²) in [5.74, 6) is 0. The maximum Gasteiger partial charge on any atom is 0.262 e. The highest BCUT2D eigenvalue weighted by atomic mass is 32.2. The Balaban J connectivity index is 1.81. The molecule has 0 amide bonds. The van der Waals surface area contributed by atoms with E-state index in [9.17, 15) is 40.2 Å². The van der Waals surface area contributed by atoms with E-state index in [1.165, 1.54) is 9.13 Å². The molecule has 0 saturated carbocycles. The lowest BCUT2D eigenvalue weighted by atomic mass is 9.96. The highest BCUT2D eigenvalue weighted by Crippen LogP contribution is 2.44. The van der Waals surface area contributed by atoms with Crippen molar-refractivity contribution in [2.75, 3.05) is 0 Å². The molecule has 0 radical (unpaired) electrons. The first-order chi connectivity index (χ1) is 25.3. The lowest BCUT2D eigenvalue weighted by Crippen LogP contribution is -2.36. The minimum Gasteiger partial charge on any atom is -0.274 e. The average Bonchev–Trinajstić information content (AvgIpc) is 3.77. The fraction of sp³-hybridized carbons (Fsp3) is 0.421. The van der Waals surface area contributed by atoms with E-state index in [4.69, 9.17) is 0 Å². The van der Waals surface area contributed by atoms with Gasteiger partial charge in [0.05, 0.1) is 40.3 Å². The molecule has 0 spiro atoms. The number of aromatic nitrogens is 2. The van der Waals surface area contributed by atoms with Crippen LogP contribution in [0.25, 0.3) is 62.3 Å². The monoisotopic (exact) mass is 766 g/mol. The zero-order chi connectivity index (χ0) is 37.1. The minimum absolute atomic E-state index is 0.159. The molecule has 0 fully saturated rings.